The maximum absolute atomic E-state index is 12.1. The minimum absolute atomic E-state index is 0.0311. The first-order valence-electron chi connectivity index (χ1n) is 8.35. The van der Waals surface area contributed by atoms with E-state index in [-0.39, 0.29) is 18.2 Å². The lowest BCUT2D eigenvalue weighted by molar-refractivity contribution is -0.384. The van der Waals surface area contributed by atoms with Crippen LogP contribution in [0.2, 0.25) is 0 Å². The van der Waals surface area contributed by atoms with Crippen LogP contribution in [0.5, 0.6) is 0 Å². The number of nitro groups is 1. The Morgan fingerprint density at radius 3 is 2.36 bits per heavy atom. The van der Waals surface area contributed by atoms with Crippen molar-refractivity contribution >= 4 is 35.4 Å². The van der Waals surface area contributed by atoms with Gasteiger partial charge in [0.25, 0.3) is 11.6 Å². The van der Waals surface area contributed by atoms with Crippen LogP contribution in [0.25, 0.3) is 6.08 Å². The number of carbonyl (C=O) groups is 2. The van der Waals surface area contributed by atoms with Crippen LogP contribution in [0.3, 0.4) is 0 Å². The van der Waals surface area contributed by atoms with Crippen molar-refractivity contribution in [3.8, 4) is 0 Å². The van der Waals surface area contributed by atoms with Gasteiger partial charge in [0.15, 0.2) is 6.61 Å². The summed E-state index contributed by atoms with van der Waals surface area (Å²) in [6.07, 6.45) is 4.64. The van der Waals surface area contributed by atoms with E-state index >= 15 is 0 Å². The number of thioether (sulfide) groups is 1. The van der Waals surface area contributed by atoms with Gasteiger partial charge in [-0.05, 0) is 47.7 Å². The molecular weight excluding hydrogens is 380 g/mol. The molecule has 7 nitrogen and oxygen atoms in total. The Morgan fingerprint density at radius 1 is 1.14 bits per heavy atom. The summed E-state index contributed by atoms with van der Waals surface area (Å²) in [6, 6.07) is 13.6. The number of ether oxygens (including phenoxy) is 1. The number of esters is 1. The van der Waals surface area contributed by atoms with Crippen molar-refractivity contribution in [3.05, 3.63) is 75.8 Å². The fourth-order valence-corrected chi connectivity index (χ4v) is 2.66. The van der Waals surface area contributed by atoms with E-state index in [0.29, 0.717) is 12.1 Å². The molecule has 2 rings (SSSR count). The highest BCUT2D eigenvalue weighted by Gasteiger charge is 2.11. The second kappa shape index (κ2) is 10.3. The fourth-order valence-electron chi connectivity index (χ4n) is 2.26. The zero-order chi connectivity index (χ0) is 20.5. The Balaban J connectivity index is 1.80. The van der Waals surface area contributed by atoms with Gasteiger partial charge in [-0.1, -0.05) is 12.1 Å². The summed E-state index contributed by atoms with van der Waals surface area (Å²) < 4.78 is 4.95. The van der Waals surface area contributed by atoms with Gasteiger partial charge in [-0.2, -0.15) is 0 Å². The van der Waals surface area contributed by atoms with Crippen LogP contribution in [0, 0.1) is 10.1 Å². The van der Waals surface area contributed by atoms with Crippen molar-refractivity contribution in [3.63, 3.8) is 0 Å². The van der Waals surface area contributed by atoms with E-state index in [2.05, 4.69) is 0 Å². The Hall–Kier alpha value is -3.13. The molecule has 0 spiro atoms. The zero-order valence-electron chi connectivity index (χ0n) is 15.5. The molecule has 2 aromatic rings. The molecule has 0 aromatic heterocycles. The van der Waals surface area contributed by atoms with Crippen molar-refractivity contribution in [1.82, 2.24) is 4.90 Å². The van der Waals surface area contributed by atoms with Crippen LogP contribution in [-0.4, -0.2) is 41.6 Å². The molecule has 0 fully saturated rings. The highest BCUT2D eigenvalue weighted by Crippen LogP contribution is 2.16. The molecule has 0 atom stereocenters. The molecular formula is C20H20N2O5S. The topological polar surface area (TPSA) is 89.8 Å². The van der Waals surface area contributed by atoms with Crippen molar-refractivity contribution < 1.29 is 19.2 Å². The predicted molar refractivity (Wildman–Crippen MR) is 108 cm³/mol. The number of carbonyl (C=O) groups excluding carboxylic acids is 2. The molecule has 1 amide bonds. The molecule has 0 aliphatic heterocycles. The third kappa shape index (κ3) is 6.55. The monoisotopic (exact) mass is 400 g/mol. The zero-order valence-corrected chi connectivity index (χ0v) is 16.3. The Bertz CT molecular complexity index is 863. The predicted octanol–water partition coefficient (Wildman–Crippen LogP) is 3.53. The third-order valence-electron chi connectivity index (χ3n) is 3.86. The molecule has 0 aliphatic carbocycles. The Kier molecular flexibility index (Phi) is 7.76. The van der Waals surface area contributed by atoms with Gasteiger partial charge in [-0.15, -0.1) is 11.8 Å². The summed E-state index contributed by atoms with van der Waals surface area (Å²) in [6.45, 7) is 0.0620. The normalized spacial score (nSPS) is 10.6. The van der Waals surface area contributed by atoms with Crippen LogP contribution in [0.4, 0.5) is 5.69 Å². The minimum Gasteiger partial charge on any atom is -0.452 e. The maximum atomic E-state index is 12.1. The molecule has 0 saturated carbocycles. The maximum Gasteiger partial charge on any atom is 0.331 e. The molecule has 0 unspecified atom stereocenters. The smallest absolute Gasteiger partial charge is 0.331 e. The largest absolute Gasteiger partial charge is 0.452 e. The van der Waals surface area contributed by atoms with E-state index in [9.17, 15) is 19.7 Å². The number of rotatable bonds is 8. The number of hydrogen-bond donors (Lipinski definition) is 0. The van der Waals surface area contributed by atoms with Crippen LogP contribution < -0.4 is 0 Å². The van der Waals surface area contributed by atoms with Crippen molar-refractivity contribution in [1.29, 1.82) is 0 Å². The summed E-state index contributed by atoms with van der Waals surface area (Å²) in [7, 11) is 1.64. The lowest BCUT2D eigenvalue weighted by Gasteiger charge is -2.17. The van der Waals surface area contributed by atoms with E-state index in [1.165, 1.54) is 41.3 Å². The molecule has 0 N–H and O–H groups in total. The van der Waals surface area contributed by atoms with E-state index in [1.807, 2.05) is 30.5 Å². The molecule has 0 saturated heterocycles. The quantitative estimate of drug-likeness (QED) is 0.221. The fraction of sp³-hybridized carbons (Fsp3) is 0.200. The second-order valence-corrected chi connectivity index (χ2v) is 6.77. The molecule has 0 aliphatic rings. The highest BCUT2D eigenvalue weighted by atomic mass is 32.2. The standard InChI is InChI=1S/C20H20N2O5S/c1-21(13-16-5-10-18(28-2)11-6-16)19(23)14-27-20(24)12-7-15-3-8-17(9-4-15)22(25)26/h3-12H,13-14H2,1-2H3/b12-7+. The number of hydrogen-bond acceptors (Lipinski definition) is 6. The lowest BCUT2D eigenvalue weighted by atomic mass is 10.2. The van der Waals surface area contributed by atoms with Gasteiger partial charge < -0.3 is 9.64 Å². The van der Waals surface area contributed by atoms with Gasteiger partial charge >= 0.3 is 5.97 Å². The van der Waals surface area contributed by atoms with E-state index in [1.54, 1.807) is 18.8 Å². The number of benzene rings is 2. The summed E-state index contributed by atoms with van der Waals surface area (Å²) in [4.78, 5) is 36.6. The summed E-state index contributed by atoms with van der Waals surface area (Å²) in [5, 5.41) is 10.6. The number of nitro benzene ring substituents is 1. The van der Waals surface area contributed by atoms with Gasteiger partial charge in [-0.25, -0.2) is 4.79 Å². The molecule has 0 bridgehead atoms. The van der Waals surface area contributed by atoms with Gasteiger partial charge in [0.2, 0.25) is 0 Å². The average Bonchev–Trinajstić information content (AvgIpc) is 2.71. The number of amides is 1. The first-order chi connectivity index (χ1) is 13.4. The number of non-ortho nitro benzene ring substituents is 1. The van der Waals surface area contributed by atoms with Crippen molar-refractivity contribution in [2.24, 2.45) is 0 Å². The number of nitrogens with zero attached hydrogens (tertiary/aromatic N) is 2. The van der Waals surface area contributed by atoms with Crippen LogP contribution in [0.15, 0.2) is 59.5 Å². The van der Waals surface area contributed by atoms with E-state index in [0.717, 1.165) is 10.5 Å². The summed E-state index contributed by atoms with van der Waals surface area (Å²) >= 11 is 1.64. The van der Waals surface area contributed by atoms with Gasteiger partial charge in [0.05, 0.1) is 4.92 Å². The highest BCUT2D eigenvalue weighted by molar-refractivity contribution is 7.98. The minimum atomic E-state index is -0.663. The molecule has 28 heavy (non-hydrogen) atoms. The Labute approximate surface area is 167 Å². The molecule has 2 aromatic carbocycles. The van der Waals surface area contributed by atoms with Crippen LogP contribution in [0.1, 0.15) is 11.1 Å². The first-order valence-corrected chi connectivity index (χ1v) is 9.57. The molecule has 0 radical (unpaired) electrons. The summed E-state index contributed by atoms with van der Waals surface area (Å²) in [5.41, 5.74) is 1.56. The summed E-state index contributed by atoms with van der Waals surface area (Å²) in [5.74, 6) is -0.976. The van der Waals surface area contributed by atoms with Crippen molar-refractivity contribution in [2.75, 3.05) is 19.9 Å². The van der Waals surface area contributed by atoms with Crippen molar-refractivity contribution in [2.45, 2.75) is 11.4 Å². The van der Waals surface area contributed by atoms with Gasteiger partial charge in [-0.3, -0.25) is 14.9 Å². The van der Waals surface area contributed by atoms with E-state index < -0.39 is 10.9 Å². The first kappa shape index (κ1) is 21.2. The lowest BCUT2D eigenvalue weighted by Crippen LogP contribution is -2.30. The third-order valence-corrected chi connectivity index (χ3v) is 4.60. The average molecular weight is 400 g/mol. The van der Waals surface area contributed by atoms with Gasteiger partial charge in [0.1, 0.15) is 0 Å². The second-order valence-electron chi connectivity index (χ2n) is 5.89. The number of likely N-dealkylation sites (N-methyl/N-ethyl adjacent to an activating group) is 1. The van der Waals surface area contributed by atoms with Gasteiger partial charge in [0, 0.05) is 36.7 Å². The molecule has 0 heterocycles. The Morgan fingerprint density at radius 2 is 1.79 bits per heavy atom. The molecule has 8 heteroatoms. The van der Waals surface area contributed by atoms with E-state index in [4.69, 9.17) is 4.74 Å². The van der Waals surface area contributed by atoms with Crippen LogP contribution >= 0.6 is 11.8 Å². The SMILES string of the molecule is CSc1ccc(CN(C)C(=O)COC(=O)/C=C/c2ccc([N+](=O)[O-])cc2)cc1. The molecule has 146 valence electrons. The van der Waals surface area contributed by atoms with Crippen LogP contribution in [-0.2, 0) is 20.9 Å².